The maximum absolute atomic E-state index is 12.9. The van der Waals surface area contributed by atoms with E-state index in [1.165, 1.54) is 0 Å². The average molecular weight is 342 g/mol. The van der Waals surface area contributed by atoms with E-state index in [0.29, 0.717) is 11.1 Å². The van der Waals surface area contributed by atoms with Crippen molar-refractivity contribution in [2.75, 3.05) is 0 Å². The molecule has 26 heavy (non-hydrogen) atoms. The van der Waals surface area contributed by atoms with Crippen molar-refractivity contribution in [2.24, 2.45) is 0 Å². The number of benzene rings is 2. The topological polar surface area (TPSA) is 70.7 Å². The molecule has 1 aliphatic rings. The number of hydrogen-bond acceptors (Lipinski definition) is 3. The predicted octanol–water partition coefficient (Wildman–Crippen LogP) is 3.17. The molecule has 0 radical (unpaired) electrons. The van der Waals surface area contributed by atoms with Crippen molar-refractivity contribution in [2.45, 2.75) is 25.4 Å². The average Bonchev–Trinajstić information content (AvgIpc) is 3.15. The summed E-state index contributed by atoms with van der Waals surface area (Å²) in [7, 11) is 0. The van der Waals surface area contributed by atoms with E-state index < -0.39 is 0 Å². The number of nitrogens with zero attached hydrogens (tertiary/aromatic N) is 3. The van der Waals surface area contributed by atoms with Gasteiger partial charge in [0.2, 0.25) is 0 Å². The number of nitrogens with one attached hydrogen (secondary N) is 1. The standard InChI is InChI=1S/C21H18N4O/c22-13-15-5-1-2-6-17(15)18-7-3-4-8-19(18)21(26)24-16-9-10-20-23-11-12-25(20)14-16/h1-8,11-12,16H,9-10,14H2,(H,24,26)/t16-/m0/s1. The lowest BCUT2D eigenvalue weighted by Crippen LogP contribution is -2.41. The van der Waals surface area contributed by atoms with Crippen molar-refractivity contribution in [1.29, 1.82) is 5.26 Å². The van der Waals surface area contributed by atoms with E-state index in [4.69, 9.17) is 0 Å². The van der Waals surface area contributed by atoms with Crippen LogP contribution in [0.25, 0.3) is 11.1 Å². The zero-order valence-corrected chi connectivity index (χ0v) is 14.2. The van der Waals surface area contributed by atoms with Gasteiger partial charge in [-0.05, 0) is 24.1 Å². The van der Waals surface area contributed by atoms with E-state index in [1.807, 2.05) is 48.7 Å². The molecule has 1 atom stereocenters. The zero-order valence-electron chi connectivity index (χ0n) is 14.2. The van der Waals surface area contributed by atoms with Crippen LogP contribution in [0.1, 0.15) is 28.2 Å². The monoisotopic (exact) mass is 342 g/mol. The number of carbonyl (C=O) groups excluding carboxylic acids is 1. The van der Waals surface area contributed by atoms with Crippen LogP contribution in [0.3, 0.4) is 0 Å². The van der Waals surface area contributed by atoms with Crippen LogP contribution in [-0.4, -0.2) is 21.5 Å². The number of aryl methyl sites for hydroxylation is 1. The van der Waals surface area contributed by atoms with Crippen molar-refractivity contribution >= 4 is 5.91 Å². The molecule has 5 heteroatoms. The van der Waals surface area contributed by atoms with Gasteiger partial charge in [0.25, 0.3) is 5.91 Å². The first kappa shape index (κ1) is 16.1. The molecule has 5 nitrogen and oxygen atoms in total. The van der Waals surface area contributed by atoms with Gasteiger partial charge in [-0.3, -0.25) is 4.79 Å². The summed E-state index contributed by atoms with van der Waals surface area (Å²) in [6, 6.07) is 17.1. The molecule has 1 N–H and O–H groups in total. The summed E-state index contributed by atoms with van der Waals surface area (Å²) in [5, 5.41) is 12.5. The first-order chi connectivity index (χ1) is 12.8. The second-order valence-electron chi connectivity index (χ2n) is 6.41. The van der Waals surface area contributed by atoms with E-state index in [1.54, 1.807) is 12.3 Å². The minimum atomic E-state index is -0.109. The van der Waals surface area contributed by atoms with Crippen LogP contribution >= 0.6 is 0 Å². The minimum absolute atomic E-state index is 0.0727. The van der Waals surface area contributed by atoms with Crippen molar-refractivity contribution in [3.8, 4) is 17.2 Å². The number of carbonyl (C=O) groups is 1. The molecular weight excluding hydrogens is 324 g/mol. The zero-order chi connectivity index (χ0) is 17.9. The summed E-state index contributed by atoms with van der Waals surface area (Å²) in [5.74, 6) is 0.959. The van der Waals surface area contributed by atoms with Gasteiger partial charge in [-0.15, -0.1) is 0 Å². The molecule has 0 saturated heterocycles. The molecule has 4 rings (SSSR count). The lowest BCUT2D eigenvalue weighted by atomic mass is 9.95. The molecule has 2 aromatic carbocycles. The van der Waals surface area contributed by atoms with Gasteiger partial charge >= 0.3 is 0 Å². The Morgan fingerprint density at radius 2 is 1.92 bits per heavy atom. The first-order valence-electron chi connectivity index (χ1n) is 8.65. The molecule has 1 amide bonds. The van der Waals surface area contributed by atoms with Crippen molar-refractivity contribution < 1.29 is 4.79 Å². The van der Waals surface area contributed by atoms with Crippen LogP contribution in [0.5, 0.6) is 0 Å². The van der Waals surface area contributed by atoms with Gasteiger partial charge in [0.1, 0.15) is 5.82 Å². The fraction of sp³-hybridized carbons (Fsp3) is 0.190. The molecule has 0 bridgehead atoms. The third-order valence-corrected chi connectivity index (χ3v) is 4.78. The van der Waals surface area contributed by atoms with E-state index in [0.717, 1.165) is 36.3 Å². The lowest BCUT2D eigenvalue weighted by molar-refractivity contribution is 0.0928. The predicted molar refractivity (Wildman–Crippen MR) is 98.4 cm³/mol. The number of imidazole rings is 1. The van der Waals surface area contributed by atoms with Crippen molar-refractivity contribution in [3.05, 3.63) is 77.9 Å². The Kier molecular flexibility index (Phi) is 4.24. The fourth-order valence-electron chi connectivity index (χ4n) is 3.48. The molecule has 0 fully saturated rings. The summed E-state index contributed by atoms with van der Waals surface area (Å²) in [6.07, 6.45) is 5.48. The molecule has 0 unspecified atom stereocenters. The lowest BCUT2D eigenvalue weighted by Gasteiger charge is -2.25. The Hall–Kier alpha value is -3.39. The van der Waals surface area contributed by atoms with Gasteiger partial charge in [0.15, 0.2) is 0 Å². The van der Waals surface area contributed by atoms with Crippen LogP contribution in [0.4, 0.5) is 0 Å². The molecule has 0 saturated carbocycles. The van der Waals surface area contributed by atoms with Gasteiger partial charge in [0.05, 0.1) is 11.6 Å². The Bertz CT molecular complexity index is 999. The van der Waals surface area contributed by atoms with Crippen LogP contribution in [0.2, 0.25) is 0 Å². The summed E-state index contributed by atoms with van der Waals surface area (Å²) < 4.78 is 2.09. The Morgan fingerprint density at radius 3 is 2.77 bits per heavy atom. The molecule has 0 aliphatic carbocycles. The highest BCUT2D eigenvalue weighted by Gasteiger charge is 2.22. The third-order valence-electron chi connectivity index (χ3n) is 4.78. The fourth-order valence-corrected chi connectivity index (χ4v) is 3.48. The summed E-state index contributed by atoms with van der Waals surface area (Å²) in [4.78, 5) is 17.3. The van der Waals surface area contributed by atoms with E-state index >= 15 is 0 Å². The highest BCUT2D eigenvalue weighted by atomic mass is 16.1. The van der Waals surface area contributed by atoms with E-state index in [-0.39, 0.29) is 11.9 Å². The number of fused-ring (bicyclic) bond motifs is 1. The number of nitriles is 1. The third kappa shape index (κ3) is 2.98. The molecule has 1 aliphatic heterocycles. The van der Waals surface area contributed by atoms with Crippen LogP contribution < -0.4 is 5.32 Å². The highest BCUT2D eigenvalue weighted by molar-refractivity contribution is 6.01. The van der Waals surface area contributed by atoms with Gasteiger partial charge in [-0.2, -0.15) is 5.26 Å². The molecular formula is C21H18N4O. The van der Waals surface area contributed by atoms with Gasteiger partial charge in [-0.25, -0.2) is 4.98 Å². The second-order valence-corrected chi connectivity index (χ2v) is 6.41. The maximum Gasteiger partial charge on any atom is 0.252 e. The van der Waals surface area contributed by atoms with Gasteiger partial charge in [0, 0.05) is 42.5 Å². The Balaban J connectivity index is 1.61. The van der Waals surface area contributed by atoms with E-state index in [2.05, 4.69) is 20.9 Å². The van der Waals surface area contributed by atoms with Crippen molar-refractivity contribution in [1.82, 2.24) is 14.9 Å². The minimum Gasteiger partial charge on any atom is -0.347 e. The number of amides is 1. The van der Waals surface area contributed by atoms with Crippen LogP contribution in [0, 0.1) is 11.3 Å². The summed E-state index contributed by atoms with van der Waals surface area (Å²) >= 11 is 0. The normalized spacial score (nSPS) is 15.7. The smallest absolute Gasteiger partial charge is 0.252 e. The number of aromatic nitrogens is 2. The van der Waals surface area contributed by atoms with Crippen LogP contribution in [-0.2, 0) is 13.0 Å². The second kappa shape index (κ2) is 6.85. The SMILES string of the molecule is N#Cc1ccccc1-c1ccccc1C(=O)N[C@H]1CCc2nccn2C1. The molecule has 1 aromatic heterocycles. The summed E-state index contributed by atoms with van der Waals surface area (Å²) in [5.41, 5.74) is 2.71. The molecule has 2 heterocycles. The highest BCUT2D eigenvalue weighted by Crippen LogP contribution is 2.27. The largest absolute Gasteiger partial charge is 0.347 e. The van der Waals surface area contributed by atoms with Gasteiger partial charge in [-0.1, -0.05) is 36.4 Å². The number of rotatable bonds is 3. The number of hydrogen-bond donors (Lipinski definition) is 1. The molecule has 0 spiro atoms. The van der Waals surface area contributed by atoms with E-state index in [9.17, 15) is 10.1 Å². The first-order valence-corrected chi connectivity index (χ1v) is 8.65. The molecule has 3 aromatic rings. The quantitative estimate of drug-likeness (QED) is 0.795. The Labute approximate surface area is 151 Å². The van der Waals surface area contributed by atoms with Crippen molar-refractivity contribution in [3.63, 3.8) is 0 Å². The maximum atomic E-state index is 12.9. The van der Waals surface area contributed by atoms with Crippen LogP contribution in [0.15, 0.2) is 60.9 Å². The Morgan fingerprint density at radius 1 is 1.15 bits per heavy atom. The molecule has 128 valence electrons. The van der Waals surface area contributed by atoms with Gasteiger partial charge < -0.3 is 9.88 Å². The summed E-state index contributed by atoms with van der Waals surface area (Å²) in [6.45, 7) is 0.734.